The van der Waals surface area contributed by atoms with Gasteiger partial charge >= 0.3 is 0 Å². The highest BCUT2D eigenvalue weighted by Crippen LogP contribution is 2.24. The minimum atomic E-state index is -0.169. The molecule has 2 N–H and O–H groups in total. The molecule has 188 valence electrons. The molecule has 1 saturated heterocycles. The van der Waals surface area contributed by atoms with Crippen LogP contribution in [0.5, 0.6) is 0 Å². The summed E-state index contributed by atoms with van der Waals surface area (Å²) in [7, 11) is 0. The van der Waals surface area contributed by atoms with Gasteiger partial charge in [0, 0.05) is 56.4 Å². The van der Waals surface area contributed by atoms with Gasteiger partial charge < -0.3 is 15.5 Å². The van der Waals surface area contributed by atoms with Crippen LogP contribution in [0.2, 0.25) is 0 Å². The van der Waals surface area contributed by atoms with Gasteiger partial charge in [-0.1, -0.05) is 48.2 Å². The molecule has 3 amide bonds. The predicted molar refractivity (Wildman–Crippen MR) is 144 cm³/mol. The van der Waals surface area contributed by atoms with Crippen molar-refractivity contribution in [2.75, 3.05) is 42.6 Å². The van der Waals surface area contributed by atoms with Crippen LogP contribution in [0.25, 0.3) is 0 Å². The van der Waals surface area contributed by atoms with Crippen LogP contribution < -0.4 is 10.6 Å². The lowest BCUT2D eigenvalue weighted by Crippen LogP contribution is -2.48. The summed E-state index contributed by atoms with van der Waals surface area (Å²) in [6, 6.07) is 17.4. The first-order valence-electron chi connectivity index (χ1n) is 11.7. The Morgan fingerprint density at radius 3 is 2.42 bits per heavy atom. The Hall–Kier alpha value is -3.21. The molecule has 2 aromatic carbocycles. The van der Waals surface area contributed by atoms with Crippen LogP contribution in [0.1, 0.15) is 18.2 Å². The average molecular weight is 524 g/mol. The number of aromatic nitrogens is 1. The molecule has 1 aliphatic rings. The van der Waals surface area contributed by atoms with E-state index in [1.54, 1.807) is 24.3 Å². The Bertz CT molecular complexity index is 1190. The maximum absolute atomic E-state index is 12.8. The van der Waals surface area contributed by atoms with E-state index < -0.39 is 0 Å². The Morgan fingerprint density at radius 2 is 1.69 bits per heavy atom. The molecular weight excluding hydrogens is 494 g/mol. The number of hydrogen-bond acceptors (Lipinski definition) is 7. The number of anilines is 2. The molecule has 1 fully saturated rings. The molecule has 0 bridgehead atoms. The summed E-state index contributed by atoms with van der Waals surface area (Å²) in [5.74, 6) is -0.0409. The average Bonchev–Trinajstić information content (AvgIpc) is 3.31. The lowest BCUT2D eigenvalue weighted by Gasteiger charge is -2.34. The molecule has 1 aliphatic heterocycles. The summed E-state index contributed by atoms with van der Waals surface area (Å²) in [5.41, 5.74) is 3.26. The molecule has 8 nitrogen and oxygen atoms in total. The third-order valence-corrected chi connectivity index (χ3v) is 7.70. The van der Waals surface area contributed by atoms with Gasteiger partial charge in [0.15, 0.2) is 4.34 Å². The minimum absolute atomic E-state index is 0.0907. The quantitative estimate of drug-likeness (QED) is 0.415. The molecule has 10 heteroatoms. The molecule has 2 heterocycles. The summed E-state index contributed by atoms with van der Waals surface area (Å²) >= 11 is 2.78. The number of nitrogens with one attached hydrogen (secondary N) is 2. The molecule has 4 rings (SSSR count). The zero-order valence-corrected chi connectivity index (χ0v) is 21.7. The number of carbonyl (C=O) groups is 3. The third-order valence-electron chi connectivity index (χ3n) is 5.63. The number of rotatable bonds is 9. The SMILES string of the molecule is CC(=O)Nc1cccc(NC(=O)CSc2nc(CC(=O)N3CCN(Cc4ccccc4)CC3)cs2)c1. The summed E-state index contributed by atoms with van der Waals surface area (Å²) in [6.07, 6.45) is 0.276. The van der Waals surface area contributed by atoms with Crippen molar-refractivity contribution in [3.8, 4) is 0 Å². The molecule has 1 aromatic heterocycles. The number of thiazole rings is 1. The van der Waals surface area contributed by atoms with E-state index in [0.29, 0.717) is 11.4 Å². The smallest absolute Gasteiger partial charge is 0.234 e. The number of nitrogens with zero attached hydrogens (tertiary/aromatic N) is 3. The molecule has 0 spiro atoms. The summed E-state index contributed by atoms with van der Waals surface area (Å²) in [6.45, 7) is 5.51. The molecule has 36 heavy (non-hydrogen) atoms. The van der Waals surface area contributed by atoms with Crippen molar-refractivity contribution in [2.45, 2.75) is 24.2 Å². The van der Waals surface area contributed by atoms with Crippen molar-refractivity contribution in [3.05, 3.63) is 71.2 Å². The van der Waals surface area contributed by atoms with E-state index in [9.17, 15) is 14.4 Å². The molecule has 0 radical (unpaired) electrons. The first-order valence-corrected chi connectivity index (χ1v) is 13.6. The van der Waals surface area contributed by atoms with Crippen molar-refractivity contribution >= 4 is 52.2 Å². The first-order chi connectivity index (χ1) is 17.4. The van der Waals surface area contributed by atoms with Crippen molar-refractivity contribution in [2.24, 2.45) is 0 Å². The van der Waals surface area contributed by atoms with Gasteiger partial charge in [0.2, 0.25) is 17.7 Å². The van der Waals surface area contributed by atoms with Crippen LogP contribution in [-0.2, 0) is 27.3 Å². The van der Waals surface area contributed by atoms with Gasteiger partial charge in [0.05, 0.1) is 17.9 Å². The van der Waals surface area contributed by atoms with Crippen LogP contribution >= 0.6 is 23.1 Å². The predicted octanol–water partition coefficient (Wildman–Crippen LogP) is 3.72. The van der Waals surface area contributed by atoms with Gasteiger partial charge in [-0.3, -0.25) is 19.3 Å². The molecule has 0 unspecified atom stereocenters. The number of carbonyl (C=O) groups excluding carboxylic acids is 3. The van der Waals surface area contributed by atoms with E-state index >= 15 is 0 Å². The van der Waals surface area contributed by atoms with E-state index in [-0.39, 0.29) is 29.9 Å². The third kappa shape index (κ3) is 7.91. The Balaban J connectivity index is 1.19. The zero-order chi connectivity index (χ0) is 25.3. The van der Waals surface area contributed by atoms with Crippen LogP contribution in [0.3, 0.4) is 0 Å². The largest absolute Gasteiger partial charge is 0.340 e. The summed E-state index contributed by atoms with van der Waals surface area (Å²) < 4.78 is 0.757. The maximum atomic E-state index is 12.8. The highest BCUT2D eigenvalue weighted by molar-refractivity contribution is 8.01. The fraction of sp³-hybridized carbons (Fsp3) is 0.308. The zero-order valence-electron chi connectivity index (χ0n) is 20.1. The fourth-order valence-corrected chi connectivity index (χ4v) is 5.55. The Labute approximate surface area is 219 Å². The number of benzene rings is 2. The highest BCUT2D eigenvalue weighted by Gasteiger charge is 2.22. The minimum Gasteiger partial charge on any atom is -0.340 e. The lowest BCUT2D eigenvalue weighted by atomic mass is 10.2. The summed E-state index contributed by atoms with van der Waals surface area (Å²) in [4.78, 5) is 45.2. The number of thioether (sulfide) groups is 1. The summed E-state index contributed by atoms with van der Waals surface area (Å²) in [5, 5.41) is 7.41. The van der Waals surface area contributed by atoms with Crippen LogP contribution in [0.15, 0.2) is 64.3 Å². The van der Waals surface area contributed by atoms with Crippen LogP contribution in [0, 0.1) is 0 Å². The van der Waals surface area contributed by atoms with Gasteiger partial charge in [-0.2, -0.15) is 0 Å². The van der Waals surface area contributed by atoms with Gasteiger partial charge in [0.1, 0.15) is 0 Å². The van der Waals surface area contributed by atoms with Gasteiger partial charge in [0.25, 0.3) is 0 Å². The van der Waals surface area contributed by atoms with E-state index in [1.165, 1.54) is 35.6 Å². The van der Waals surface area contributed by atoms with Crippen molar-refractivity contribution in [1.82, 2.24) is 14.8 Å². The van der Waals surface area contributed by atoms with Gasteiger partial charge in [-0.25, -0.2) is 4.98 Å². The number of hydrogen-bond donors (Lipinski definition) is 2. The van der Waals surface area contributed by atoms with Crippen molar-refractivity contribution < 1.29 is 14.4 Å². The van der Waals surface area contributed by atoms with Crippen LogP contribution in [-0.4, -0.2) is 64.4 Å². The Morgan fingerprint density at radius 1 is 0.972 bits per heavy atom. The van der Waals surface area contributed by atoms with Crippen molar-refractivity contribution in [1.29, 1.82) is 0 Å². The lowest BCUT2D eigenvalue weighted by molar-refractivity contribution is -0.132. The van der Waals surface area contributed by atoms with E-state index in [1.807, 2.05) is 16.3 Å². The molecule has 3 aromatic rings. The molecular formula is C26H29N5O3S2. The number of piperazine rings is 1. The Kier molecular flexibility index (Phi) is 9.10. The standard InChI is InChI=1S/C26H29N5O3S2/c1-19(32)27-21-8-5-9-22(14-21)28-24(33)18-36-26-29-23(17-35-26)15-25(34)31-12-10-30(11-13-31)16-20-6-3-2-4-7-20/h2-9,14,17H,10-13,15-16,18H2,1H3,(H,27,32)(H,28,33). The second-order valence-corrected chi connectivity index (χ2v) is 10.6. The monoisotopic (exact) mass is 523 g/mol. The molecule has 0 atom stereocenters. The second kappa shape index (κ2) is 12.7. The van der Waals surface area contributed by atoms with E-state index in [4.69, 9.17) is 0 Å². The fourth-order valence-electron chi connectivity index (χ4n) is 3.90. The highest BCUT2D eigenvalue weighted by atomic mass is 32.2. The van der Waals surface area contributed by atoms with E-state index in [0.717, 1.165) is 42.8 Å². The molecule has 0 aliphatic carbocycles. The van der Waals surface area contributed by atoms with E-state index in [2.05, 4.69) is 44.8 Å². The topological polar surface area (TPSA) is 94.6 Å². The normalized spacial score (nSPS) is 13.9. The maximum Gasteiger partial charge on any atom is 0.234 e. The first kappa shape index (κ1) is 25.9. The van der Waals surface area contributed by atoms with Crippen LogP contribution in [0.4, 0.5) is 11.4 Å². The van der Waals surface area contributed by atoms with Gasteiger partial charge in [-0.05, 0) is 23.8 Å². The second-order valence-electron chi connectivity index (χ2n) is 8.52. The van der Waals surface area contributed by atoms with Gasteiger partial charge in [-0.15, -0.1) is 11.3 Å². The van der Waals surface area contributed by atoms with Crippen molar-refractivity contribution in [3.63, 3.8) is 0 Å². The number of amides is 3. The molecule has 0 saturated carbocycles.